The van der Waals surface area contributed by atoms with Gasteiger partial charge in [-0.3, -0.25) is 4.57 Å². The molecule has 0 rings (SSSR count). The first-order chi connectivity index (χ1) is 5.81. The molecule has 13 heavy (non-hydrogen) atoms. The number of alkyl halides is 2. The Morgan fingerprint density at radius 2 is 1.85 bits per heavy atom. The van der Waals surface area contributed by atoms with Crippen LogP contribution in [-0.4, -0.2) is 40.4 Å². The highest BCUT2D eigenvalue weighted by molar-refractivity contribution is 7.53. The van der Waals surface area contributed by atoms with E-state index in [0.717, 1.165) is 0 Å². The zero-order valence-electron chi connectivity index (χ0n) is 6.69. The fraction of sp³-hybridized carbons (Fsp3) is 1.00. The molecule has 0 unspecified atom stereocenters. The SMILES string of the molecule is O=P(O)(O)C(F)(F)CCOCCO. The quantitative estimate of drug-likeness (QED) is 0.438. The summed E-state index contributed by atoms with van der Waals surface area (Å²) in [5.41, 5.74) is -4.05. The van der Waals surface area contributed by atoms with Crippen molar-refractivity contribution in [2.75, 3.05) is 19.8 Å². The van der Waals surface area contributed by atoms with Gasteiger partial charge in [-0.05, 0) is 0 Å². The number of hydrogen-bond acceptors (Lipinski definition) is 3. The van der Waals surface area contributed by atoms with Crippen molar-refractivity contribution in [1.29, 1.82) is 0 Å². The molecule has 0 aliphatic heterocycles. The van der Waals surface area contributed by atoms with E-state index in [1.807, 2.05) is 0 Å². The molecule has 5 nitrogen and oxygen atoms in total. The third-order valence-corrected chi connectivity index (χ3v) is 2.28. The topological polar surface area (TPSA) is 87.0 Å². The van der Waals surface area contributed by atoms with Crippen LogP contribution >= 0.6 is 7.60 Å². The van der Waals surface area contributed by atoms with Gasteiger partial charge >= 0.3 is 13.3 Å². The fourth-order valence-corrected chi connectivity index (χ4v) is 0.890. The monoisotopic (exact) mass is 220 g/mol. The first-order valence-corrected chi connectivity index (χ1v) is 5.04. The largest absolute Gasteiger partial charge is 0.394 e. The predicted molar refractivity (Wildman–Crippen MR) is 39.5 cm³/mol. The van der Waals surface area contributed by atoms with Crippen molar-refractivity contribution < 1.29 is 33.0 Å². The molecule has 0 heterocycles. The summed E-state index contributed by atoms with van der Waals surface area (Å²) in [6.45, 7) is -0.947. The minimum atomic E-state index is -5.39. The van der Waals surface area contributed by atoms with Crippen molar-refractivity contribution in [1.82, 2.24) is 0 Å². The zero-order chi connectivity index (χ0) is 10.5. The van der Waals surface area contributed by atoms with E-state index < -0.39 is 26.3 Å². The standard InChI is InChI=1S/C5H11F2O5P/c6-5(7,13(9,10)11)1-3-12-4-2-8/h8H,1-4H2,(H2,9,10,11). The maximum absolute atomic E-state index is 12.5. The zero-order valence-corrected chi connectivity index (χ0v) is 7.58. The molecule has 0 aliphatic carbocycles. The summed E-state index contributed by atoms with van der Waals surface area (Å²) < 4.78 is 39.5. The van der Waals surface area contributed by atoms with Gasteiger partial charge in [0.05, 0.1) is 19.8 Å². The summed E-state index contributed by atoms with van der Waals surface area (Å²) in [5, 5.41) is 8.19. The third kappa shape index (κ3) is 4.64. The van der Waals surface area contributed by atoms with Crippen LogP contribution in [0, 0.1) is 0 Å². The van der Waals surface area contributed by atoms with Crippen molar-refractivity contribution in [3.05, 3.63) is 0 Å². The molecule has 0 aromatic rings. The Bertz CT molecular complexity index is 191. The molecule has 0 aromatic carbocycles. The van der Waals surface area contributed by atoms with Gasteiger partial charge in [0.15, 0.2) is 0 Å². The van der Waals surface area contributed by atoms with Crippen molar-refractivity contribution >= 4 is 7.60 Å². The third-order valence-electron chi connectivity index (χ3n) is 1.21. The lowest BCUT2D eigenvalue weighted by molar-refractivity contribution is 0.00814. The summed E-state index contributed by atoms with van der Waals surface area (Å²) >= 11 is 0. The molecule has 0 saturated heterocycles. The molecule has 0 radical (unpaired) electrons. The van der Waals surface area contributed by atoms with E-state index in [0.29, 0.717) is 0 Å². The molecule has 0 saturated carbocycles. The van der Waals surface area contributed by atoms with Gasteiger partial charge in [-0.1, -0.05) is 0 Å². The minimum Gasteiger partial charge on any atom is -0.394 e. The van der Waals surface area contributed by atoms with Gasteiger partial charge in [0.2, 0.25) is 0 Å². The van der Waals surface area contributed by atoms with E-state index in [4.69, 9.17) is 14.9 Å². The van der Waals surface area contributed by atoms with Crippen molar-refractivity contribution in [3.63, 3.8) is 0 Å². The van der Waals surface area contributed by atoms with Crippen molar-refractivity contribution in [3.8, 4) is 0 Å². The van der Waals surface area contributed by atoms with E-state index >= 15 is 0 Å². The molecular weight excluding hydrogens is 209 g/mol. The predicted octanol–water partition coefficient (Wildman–Crippen LogP) is 0.156. The second kappa shape index (κ2) is 4.97. The van der Waals surface area contributed by atoms with Crippen LogP contribution in [0.2, 0.25) is 0 Å². The van der Waals surface area contributed by atoms with Crippen molar-refractivity contribution in [2.45, 2.75) is 12.1 Å². The molecule has 0 aromatic heterocycles. The van der Waals surface area contributed by atoms with Gasteiger partial charge in [-0.2, -0.15) is 8.78 Å². The van der Waals surface area contributed by atoms with E-state index in [1.165, 1.54) is 0 Å². The second-order valence-corrected chi connectivity index (χ2v) is 4.04. The molecule has 80 valence electrons. The number of aliphatic hydroxyl groups excluding tert-OH is 1. The first kappa shape index (κ1) is 12.9. The summed E-state index contributed by atoms with van der Waals surface area (Å²) in [4.78, 5) is 16.3. The van der Waals surface area contributed by atoms with E-state index in [-0.39, 0.29) is 13.2 Å². The molecule has 0 amide bonds. The van der Waals surface area contributed by atoms with Crippen LogP contribution in [0.15, 0.2) is 0 Å². The lowest BCUT2D eigenvalue weighted by Gasteiger charge is -2.16. The number of aliphatic hydroxyl groups is 1. The van der Waals surface area contributed by atoms with Gasteiger partial charge in [0.1, 0.15) is 0 Å². The van der Waals surface area contributed by atoms with Gasteiger partial charge in [0.25, 0.3) is 0 Å². The van der Waals surface area contributed by atoms with Crippen molar-refractivity contribution in [2.24, 2.45) is 0 Å². The van der Waals surface area contributed by atoms with Crippen LogP contribution in [0.5, 0.6) is 0 Å². The highest BCUT2D eigenvalue weighted by Crippen LogP contribution is 2.54. The Kier molecular flexibility index (Phi) is 4.95. The Balaban J connectivity index is 3.84. The molecule has 0 aliphatic rings. The normalized spacial score (nSPS) is 13.3. The Hall–Kier alpha value is -0.0700. The van der Waals surface area contributed by atoms with Gasteiger partial charge in [-0.15, -0.1) is 0 Å². The Morgan fingerprint density at radius 1 is 1.31 bits per heavy atom. The van der Waals surface area contributed by atoms with Gasteiger partial charge in [-0.25, -0.2) is 0 Å². The minimum absolute atomic E-state index is 0.128. The van der Waals surface area contributed by atoms with Crippen LogP contribution < -0.4 is 0 Å². The lowest BCUT2D eigenvalue weighted by atomic mass is 10.5. The molecule has 0 atom stereocenters. The highest BCUT2D eigenvalue weighted by atomic mass is 31.2. The molecular formula is C5H11F2O5P. The Morgan fingerprint density at radius 3 is 2.23 bits per heavy atom. The number of ether oxygens (including phenoxy) is 1. The summed E-state index contributed by atoms with van der Waals surface area (Å²) in [5.74, 6) is 0. The van der Waals surface area contributed by atoms with E-state index in [1.54, 1.807) is 0 Å². The maximum Gasteiger partial charge on any atom is 0.394 e. The smallest absolute Gasteiger partial charge is 0.394 e. The van der Waals surface area contributed by atoms with Crippen LogP contribution in [0.3, 0.4) is 0 Å². The van der Waals surface area contributed by atoms with Crippen LogP contribution in [0.4, 0.5) is 8.78 Å². The van der Waals surface area contributed by atoms with Crippen LogP contribution in [0.1, 0.15) is 6.42 Å². The number of rotatable bonds is 6. The van der Waals surface area contributed by atoms with Crippen LogP contribution in [0.25, 0.3) is 0 Å². The highest BCUT2D eigenvalue weighted by Gasteiger charge is 2.47. The number of hydrogen-bond donors (Lipinski definition) is 3. The van der Waals surface area contributed by atoms with Gasteiger partial charge in [0, 0.05) is 6.42 Å². The lowest BCUT2D eigenvalue weighted by Crippen LogP contribution is -2.19. The molecule has 0 bridgehead atoms. The molecule has 8 heteroatoms. The average Bonchev–Trinajstić information content (AvgIpc) is 1.96. The van der Waals surface area contributed by atoms with E-state index in [9.17, 15) is 13.3 Å². The summed E-state index contributed by atoms with van der Waals surface area (Å²) in [6, 6.07) is 0. The average molecular weight is 220 g/mol. The van der Waals surface area contributed by atoms with Gasteiger partial charge < -0.3 is 19.6 Å². The second-order valence-electron chi connectivity index (χ2n) is 2.30. The summed E-state index contributed by atoms with van der Waals surface area (Å²) in [7, 11) is -5.39. The first-order valence-electron chi connectivity index (χ1n) is 3.43. The molecule has 0 spiro atoms. The summed E-state index contributed by atoms with van der Waals surface area (Å²) in [6.07, 6.45) is -1.06. The number of halogens is 2. The van der Waals surface area contributed by atoms with E-state index in [2.05, 4.69) is 4.74 Å². The van der Waals surface area contributed by atoms with Crippen LogP contribution in [-0.2, 0) is 9.30 Å². The molecule has 0 fully saturated rings. The maximum atomic E-state index is 12.5. The fourth-order valence-electron chi connectivity index (χ4n) is 0.507. The Labute approximate surface area is 73.5 Å². The molecule has 3 N–H and O–H groups in total.